The Morgan fingerprint density at radius 2 is 1.81 bits per heavy atom. The maximum Gasteiger partial charge on any atom is 0.0210 e. The molecule has 0 bridgehead atoms. The zero-order chi connectivity index (χ0) is 14.7. The van der Waals surface area contributed by atoms with Gasteiger partial charge in [0, 0.05) is 21.8 Å². The number of benzene rings is 2. The minimum absolute atomic E-state index is 0.537. The molecule has 1 fully saturated rings. The van der Waals surface area contributed by atoms with Crippen LogP contribution in [0.4, 0.5) is 0 Å². The molecule has 0 saturated carbocycles. The average molecular weight is 362 g/mol. The molecule has 1 nitrogen and oxygen atoms in total. The summed E-state index contributed by atoms with van der Waals surface area (Å²) in [6, 6.07) is 17.8. The zero-order valence-corrected chi connectivity index (χ0v) is 14.6. The van der Waals surface area contributed by atoms with Gasteiger partial charge in [0.25, 0.3) is 0 Å². The van der Waals surface area contributed by atoms with E-state index in [1.165, 1.54) is 26.9 Å². The van der Waals surface area contributed by atoms with Crippen molar-refractivity contribution in [1.29, 1.82) is 0 Å². The van der Waals surface area contributed by atoms with Gasteiger partial charge >= 0.3 is 0 Å². The smallest absolute Gasteiger partial charge is 0.0210 e. The van der Waals surface area contributed by atoms with Crippen LogP contribution in [-0.2, 0) is 0 Å². The Bertz CT molecular complexity index is 596. The topological polar surface area (TPSA) is 12.0 Å². The van der Waals surface area contributed by atoms with Crippen molar-refractivity contribution in [2.75, 3.05) is 19.3 Å². The van der Waals surface area contributed by atoms with E-state index in [1.54, 1.807) is 11.8 Å². The highest BCUT2D eigenvalue weighted by molar-refractivity contribution is 9.10. The highest BCUT2D eigenvalue weighted by atomic mass is 79.9. The maximum absolute atomic E-state index is 3.72. The molecule has 2 aromatic rings. The van der Waals surface area contributed by atoms with E-state index >= 15 is 0 Å². The van der Waals surface area contributed by atoms with Crippen LogP contribution in [0.15, 0.2) is 57.9 Å². The van der Waals surface area contributed by atoms with Gasteiger partial charge in [0.15, 0.2) is 0 Å². The molecular weight excluding hydrogens is 342 g/mol. The van der Waals surface area contributed by atoms with Crippen LogP contribution in [0, 0.1) is 0 Å². The molecule has 2 aromatic carbocycles. The fourth-order valence-electron chi connectivity index (χ4n) is 3.21. The highest BCUT2D eigenvalue weighted by Crippen LogP contribution is 2.40. The van der Waals surface area contributed by atoms with Crippen molar-refractivity contribution in [3.63, 3.8) is 0 Å². The van der Waals surface area contributed by atoms with Crippen LogP contribution >= 0.6 is 27.7 Å². The van der Waals surface area contributed by atoms with Crippen molar-refractivity contribution in [2.45, 2.75) is 23.2 Å². The molecule has 2 unspecified atom stereocenters. The average Bonchev–Trinajstić information content (AvgIpc) is 2.55. The van der Waals surface area contributed by atoms with Crippen LogP contribution in [0.2, 0.25) is 0 Å². The summed E-state index contributed by atoms with van der Waals surface area (Å²) in [5, 5.41) is 3.56. The quantitative estimate of drug-likeness (QED) is 0.769. The summed E-state index contributed by atoms with van der Waals surface area (Å²) in [6.07, 6.45) is 3.33. The summed E-state index contributed by atoms with van der Waals surface area (Å²) in [5.74, 6) is 1.13. The predicted octanol–water partition coefficient (Wildman–Crippen LogP) is 5.03. The SMILES string of the molecule is CSc1ccc(C2CCNCC2c2ccccc2Br)cc1. The van der Waals surface area contributed by atoms with Crippen LogP contribution in [-0.4, -0.2) is 19.3 Å². The molecule has 3 rings (SSSR count). The molecule has 1 heterocycles. The Morgan fingerprint density at radius 3 is 2.52 bits per heavy atom. The first-order valence-electron chi connectivity index (χ1n) is 7.38. The van der Waals surface area contributed by atoms with Gasteiger partial charge in [0.2, 0.25) is 0 Å². The van der Waals surface area contributed by atoms with E-state index in [4.69, 9.17) is 0 Å². The number of thioether (sulfide) groups is 1. The molecule has 0 spiro atoms. The summed E-state index contributed by atoms with van der Waals surface area (Å²) in [5.41, 5.74) is 2.89. The van der Waals surface area contributed by atoms with Crippen LogP contribution in [0.5, 0.6) is 0 Å². The summed E-state index contributed by atoms with van der Waals surface area (Å²) in [6.45, 7) is 2.16. The van der Waals surface area contributed by atoms with Gasteiger partial charge in [-0.1, -0.05) is 46.3 Å². The molecule has 0 aromatic heterocycles. The number of hydrogen-bond acceptors (Lipinski definition) is 2. The molecule has 21 heavy (non-hydrogen) atoms. The Morgan fingerprint density at radius 1 is 1.05 bits per heavy atom. The van der Waals surface area contributed by atoms with Crippen molar-refractivity contribution < 1.29 is 0 Å². The molecule has 0 radical (unpaired) electrons. The molecular formula is C18H20BrNS. The number of nitrogens with one attached hydrogen (secondary N) is 1. The largest absolute Gasteiger partial charge is 0.316 e. The van der Waals surface area contributed by atoms with Crippen LogP contribution < -0.4 is 5.32 Å². The second kappa shape index (κ2) is 6.99. The molecule has 1 saturated heterocycles. The Kier molecular flexibility index (Phi) is 5.04. The van der Waals surface area contributed by atoms with E-state index in [0.29, 0.717) is 11.8 Å². The first kappa shape index (κ1) is 15.1. The molecule has 1 aliphatic heterocycles. The van der Waals surface area contributed by atoms with Crippen molar-refractivity contribution in [3.8, 4) is 0 Å². The number of rotatable bonds is 3. The second-order valence-corrected chi connectivity index (χ2v) is 7.23. The van der Waals surface area contributed by atoms with Gasteiger partial charge in [0.1, 0.15) is 0 Å². The summed E-state index contributed by atoms with van der Waals surface area (Å²) in [7, 11) is 0. The number of hydrogen-bond donors (Lipinski definition) is 1. The Hall–Kier alpha value is -0.770. The van der Waals surface area contributed by atoms with Gasteiger partial charge in [-0.2, -0.15) is 0 Å². The number of halogens is 1. The van der Waals surface area contributed by atoms with Gasteiger partial charge in [-0.25, -0.2) is 0 Å². The standard InChI is InChI=1S/C18H20BrNS/c1-21-14-8-6-13(7-9-14)15-10-11-20-12-17(15)16-4-2-3-5-18(16)19/h2-9,15,17,20H,10-12H2,1H3. The van der Waals surface area contributed by atoms with E-state index in [1.807, 2.05) is 0 Å². The van der Waals surface area contributed by atoms with Gasteiger partial charge < -0.3 is 5.32 Å². The highest BCUT2D eigenvalue weighted by Gasteiger charge is 2.28. The van der Waals surface area contributed by atoms with Crippen molar-refractivity contribution in [2.24, 2.45) is 0 Å². The third-order valence-corrected chi connectivity index (χ3v) is 5.80. The molecule has 0 amide bonds. The monoisotopic (exact) mass is 361 g/mol. The summed E-state index contributed by atoms with van der Waals surface area (Å²) in [4.78, 5) is 1.34. The van der Waals surface area contributed by atoms with E-state index in [-0.39, 0.29) is 0 Å². The van der Waals surface area contributed by atoms with Gasteiger partial charge in [-0.05, 0) is 54.5 Å². The lowest BCUT2D eigenvalue weighted by Gasteiger charge is -2.33. The molecule has 1 aliphatic rings. The summed E-state index contributed by atoms with van der Waals surface area (Å²) >= 11 is 5.53. The molecule has 3 heteroatoms. The Balaban J connectivity index is 1.92. The van der Waals surface area contributed by atoms with Crippen molar-refractivity contribution in [1.82, 2.24) is 5.32 Å². The van der Waals surface area contributed by atoms with Gasteiger partial charge in [-0.3, -0.25) is 0 Å². The van der Waals surface area contributed by atoms with Gasteiger partial charge in [0.05, 0.1) is 0 Å². The minimum atomic E-state index is 0.537. The van der Waals surface area contributed by atoms with E-state index in [2.05, 4.69) is 76.0 Å². The van der Waals surface area contributed by atoms with E-state index < -0.39 is 0 Å². The van der Waals surface area contributed by atoms with Crippen LogP contribution in [0.25, 0.3) is 0 Å². The molecule has 2 atom stereocenters. The minimum Gasteiger partial charge on any atom is -0.316 e. The molecule has 1 N–H and O–H groups in total. The summed E-state index contributed by atoms with van der Waals surface area (Å²) < 4.78 is 1.23. The lowest BCUT2D eigenvalue weighted by Crippen LogP contribution is -2.34. The lowest BCUT2D eigenvalue weighted by molar-refractivity contribution is 0.403. The lowest BCUT2D eigenvalue weighted by atomic mass is 9.77. The van der Waals surface area contributed by atoms with Crippen LogP contribution in [0.1, 0.15) is 29.4 Å². The Labute approximate surface area is 139 Å². The normalized spacial score (nSPS) is 22.2. The fourth-order valence-corrected chi connectivity index (χ4v) is 4.20. The first-order chi connectivity index (χ1) is 10.3. The second-order valence-electron chi connectivity index (χ2n) is 5.50. The van der Waals surface area contributed by atoms with E-state index in [9.17, 15) is 0 Å². The molecule has 110 valence electrons. The third-order valence-electron chi connectivity index (χ3n) is 4.33. The van der Waals surface area contributed by atoms with E-state index in [0.717, 1.165) is 13.1 Å². The van der Waals surface area contributed by atoms with Crippen molar-refractivity contribution >= 4 is 27.7 Å². The molecule has 0 aliphatic carbocycles. The zero-order valence-electron chi connectivity index (χ0n) is 12.2. The first-order valence-corrected chi connectivity index (χ1v) is 9.40. The van der Waals surface area contributed by atoms with Gasteiger partial charge in [-0.15, -0.1) is 11.8 Å². The third kappa shape index (κ3) is 3.36. The fraction of sp³-hybridized carbons (Fsp3) is 0.333. The van der Waals surface area contributed by atoms with Crippen LogP contribution in [0.3, 0.4) is 0 Å². The van der Waals surface area contributed by atoms with Crippen molar-refractivity contribution in [3.05, 3.63) is 64.1 Å². The maximum atomic E-state index is 3.72. The number of piperidine rings is 1. The predicted molar refractivity (Wildman–Crippen MR) is 95.3 cm³/mol.